The van der Waals surface area contributed by atoms with Crippen molar-refractivity contribution < 1.29 is 18.9 Å². The van der Waals surface area contributed by atoms with Crippen molar-refractivity contribution in [2.24, 2.45) is 0 Å². The van der Waals surface area contributed by atoms with E-state index >= 15 is 0 Å². The third-order valence-corrected chi connectivity index (χ3v) is 5.67. The molecule has 0 aliphatic carbocycles. The lowest BCUT2D eigenvalue weighted by Crippen LogP contribution is -2.54. The number of piperazine rings is 1. The Hall–Kier alpha value is -2.75. The Bertz CT molecular complexity index is 1030. The van der Waals surface area contributed by atoms with Gasteiger partial charge in [-0.05, 0) is 31.2 Å². The number of nitro groups is 1. The lowest BCUT2D eigenvalue weighted by molar-refractivity contribution is -0.384. The first-order valence-corrected chi connectivity index (χ1v) is 10.2. The number of carbonyl (C=O) groups excluding carboxylic acids is 2. The molecule has 1 N–H and O–H groups in total. The smallest absolute Gasteiger partial charge is 0.271 e. The zero-order valence-electron chi connectivity index (χ0n) is 16.5. The number of hydrogen-bond donors (Lipinski definition) is 1. The molecule has 1 heterocycles. The van der Waals surface area contributed by atoms with Crippen LogP contribution >= 0.6 is 23.2 Å². The SMILES string of the molecule is CC(C(=O)Nc1cc([N+](=O)[O-])ccc1Cl)N1CCN(C(=O)c2cc(Cl)ccc2F)CC1. The van der Waals surface area contributed by atoms with Crippen LogP contribution < -0.4 is 5.32 Å². The summed E-state index contributed by atoms with van der Waals surface area (Å²) in [7, 11) is 0. The molecule has 2 amide bonds. The highest BCUT2D eigenvalue weighted by atomic mass is 35.5. The molecule has 0 aromatic heterocycles. The molecule has 3 rings (SSSR count). The summed E-state index contributed by atoms with van der Waals surface area (Å²) < 4.78 is 14.0. The summed E-state index contributed by atoms with van der Waals surface area (Å²) in [6.07, 6.45) is 0. The molecule has 0 spiro atoms. The number of hydrogen-bond acceptors (Lipinski definition) is 5. The second-order valence-corrected chi connectivity index (χ2v) is 7.88. The fourth-order valence-corrected chi connectivity index (χ4v) is 3.61. The van der Waals surface area contributed by atoms with E-state index in [2.05, 4.69) is 5.32 Å². The van der Waals surface area contributed by atoms with E-state index in [0.717, 1.165) is 6.07 Å². The van der Waals surface area contributed by atoms with Gasteiger partial charge in [0.05, 0.1) is 27.2 Å². The summed E-state index contributed by atoms with van der Waals surface area (Å²) in [6.45, 7) is 3.09. The fourth-order valence-electron chi connectivity index (χ4n) is 3.27. The lowest BCUT2D eigenvalue weighted by Gasteiger charge is -2.37. The number of nitro benzene ring substituents is 1. The van der Waals surface area contributed by atoms with Gasteiger partial charge in [0.1, 0.15) is 5.82 Å². The van der Waals surface area contributed by atoms with Gasteiger partial charge < -0.3 is 10.2 Å². The number of rotatable bonds is 5. The molecular formula is C20H19Cl2FN4O4. The van der Waals surface area contributed by atoms with Gasteiger partial charge in [0, 0.05) is 43.3 Å². The highest BCUT2D eigenvalue weighted by molar-refractivity contribution is 6.33. The number of nitrogens with one attached hydrogen (secondary N) is 1. The van der Waals surface area contributed by atoms with Gasteiger partial charge >= 0.3 is 0 Å². The molecule has 0 radical (unpaired) electrons. The minimum Gasteiger partial charge on any atom is -0.336 e. The molecule has 31 heavy (non-hydrogen) atoms. The Morgan fingerprint density at radius 3 is 2.45 bits per heavy atom. The number of benzene rings is 2. The molecular weight excluding hydrogens is 450 g/mol. The summed E-state index contributed by atoms with van der Waals surface area (Å²) in [5, 5.41) is 14.0. The quantitative estimate of drug-likeness (QED) is 0.531. The molecule has 1 aliphatic heterocycles. The normalized spacial score (nSPS) is 15.4. The van der Waals surface area contributed by atoms with Crippen molar-refractivity contribution >= 4 is 46.4 Å². The van der Waals surface area contributed by atoms with Crippen molar-refractivity contribution in [1.29, 1.82) is 0 Å². The Morgan fingerprint density at radius 1 is 1.13 bits per heavy atom. The Labute approximate surface area is 187 Å². The summed E-state index contributed by atoms with van der Waals surface area (Å²) >= 11 is 11.9. The van der Waals surface area contributed by atoms with E-state index in [9.17, 15) is 24.1 Å². The van der Waals surface area contributed by atoms with Gasteiger partial charge in [0.2, 0.25) is 5.91 Å². The zero-order valence-corrected chi connectivity index (χ0v) is 18.0. The molecule has 2 aromatic carbocycles. The monoisotopic (exact) mass is 468 g/mol. The van der Waals surface area contributed by atoms with Crippen LogP contribution in [0.25, 0.3) is 0 Å². The van der Waals surface area contributed by atoms with E-state index in [4.69, 9.17) is 23.2 Å². The van der Waals surface area contributed by atoms with Gasteiger partial charge in [-0.25, -0.2) is 4.39 Å². The van der Waals surface area contributed by atoms with E-state index < -0.39 is 22.7 Å². The third-order valence-electron chi connectivity index (χ3n) is 5.11. The van der Waals surface area contributed by atoms with Crippen LogP contribution in [-0.2, 0) is 4.79 Å². The standard InChI is InChI=1S/C20H19Cl2FN4O4/c1-12(19(28)24-18-11-14(27(30)31)3-4-16(18)22)25-6-8-26(9-7-25)20(29)15-10-13(21)2-5-17(15)23/h2-5,10-12H,6-9H2,1H3,(H,24,28). The first-order chi connectivity index (χ1) is 14.7. The second-order valence-electron chi connectivity index (χ2n) is 7.04. The van der Waals surface area contributed by atoms with E-state index in [1.54, 1.807) is 6.92 Å². The molecule has 1 unspecified atom stereocenters. The lowest BCUT2D eigenvalue weighted by atomic mass is 10.1. The number of nitrogens with zero attached hydrogens (tertiary/aromatic N) is 3. The van der Waals surface area contributed by atoms with Crippen LogP contribution in [0.1, 0.15) is 17.3 Å². The summed E-state index contributed by atoms with van der Waals surface area (Å²) in [4.78, 5) is 39.0. The van der Waals surface area contributed by atoms with Crippen molar-refractivity contribution in [3.8, 4) is 0 Å². The summed E-state index contributed by atoms with van der Waals surface area (Å²) in [6, 6.07) is 7.04. The Morgan fingerprint density at radius 2 is 1.81 bits per heavy atom. The van der Waals surface area contributed by atoms with Gasteiger partial charge in [-0.2, -0.15) is 0 Å². The Kier molecular flexibility index (Phi) is 7.09. The van der Waals surface area contributed by atoms with Gasteiger partial charge in [-0.1, -0.05) is 23.2 Å². The second kappa shape index (κ2) is 9.59. The maximum absolute atomic E-state index is 14.0. The fraction of sp³-hybridized carbons (Fsp3) is 0.300. The molecule has 164 valence electrons. The van der Waals surface area contributed by atoms with Crippen LogP contribution in [-0.4, -0.2) is 58.8 Å². The largest absolute Gasteiger partial charge is 0.336 e. The maximum Gasteiger partial charge on any atom is 0.271 e. The van der Waals surface area contributed by atoms with Crippen LogP contribution in [0, 0.1) is 15.9 Å². The zero-order chi connectivity index (χ0) is 22.7. The van der Waals surface area contributed by atoms with Gasteiger partial charge in [0.15, 0.2) is 0 Å². The third kappa shape index (κ3) is 5.30. The highest BCUT2D eigenvalue weighted by Crippen LogP contribution is 2.27. The van der Waals surface area contributed by atoms with Crippen molar-refractivity contribution in [3.05, 3.63) is 67.9 Å². The number of carbonyl (C=O) groups is 2. The average molecular weight is 469 g/mol. The first-order valence-electron chi connectivity index (χ1n) is 9.40. The minimum atomic E-state index is -0.640. The molecule has 0 bridgehead atoms. The van der Waals surface area contributed by atoms with Gasteiger partial charge in [-0.15, -0.1) is 0 Å². The van der Waals surface area contributed by atoms with Crippen LogP contribution in [0.4, 0.5) is 15.8 Å². The molecule has 1 saturated heterocycles. The molecule has 11 heteroatoms. The minimum absolute atomic E-state index is 0.0907. The van der Waals surface area contributed by atoms with Crippen molar-refractivity contribution in [2.75, 3.05) is 31.5 Å². The molecule has 1 fully saturated rings. The van der Waals surface area contributed by atoms with Crippen LogP contribution in [0.2, 0.25) is 10.0 Å². The van der Waals surface area contributed by atoms with Crippen LogP contribution in [0.3, 0.4) is 0 Å². The molecule has 1 aliphatic rings. The summed E-state index contributed by atoms with van der Waals surface area (Å²) in [5.74, 6) is -1.48. The first kappa shape index (κ1) is 22.9. The molecule has 8 nitrogen and oxygen atoms in total. The number of anilines is 1. The van der Waals surface area contributed by atoms with Crippen LogP contribution in [0.15, 0.2) is 36.4 Å². The number of halogens is 3. The van der Waals surface area contributed by atoms with E-state index in [0.29, 0.717) is 26.2 Å². The maximum atomic E-state index is 14.0. The average Bonchev–Trinajstić information content (AvgIpc) is 2.75. The number of non-ortho nitro benzene ring substituents is 1. The van der Waals surface area contributed by atoms with Gasteiger partial charge in [0.25, 0.3) is 11.6 Å². The highest BCUT2D eigenvalue weighted by Gasteiger charge is 2.29. The van der Waals surface area contributed by atoms with Crippen LogP contribution in [0.5, 0.6) is 0 Å². The van der Waals surface area contributed by atoms with Gasteiger partial charge in [-0.3, -0.25) is 24.6 Å². The Balaban J connectivity index is 1.61. The van der Waals surface area contributed by atoms with E-state index in [1.165, 1.54) is 35.2 Å². The van der Waals surface area contributed by atoms with Crippen molar-refractivity contribution in [2.45, 2.75) is 13.0 Å². The van der Waals surface area contributed by atoms with E-state index in [-0.39, 0.29) is 32.9 Å². The predicted octanol–water partition coefficient (Wildman–Crippen LogP) is 3.83. The summed E-state index contributed by atoms with van der Waals surface area (Å²) in [5.41, 5.74) is -0.127. The topological polar surface area (TPSA) is 95.8 Å². The molecule has 1 atom stereocenters. The van der Waals surface area contributed by atoms with Crippen molar-refractivity contribution in [1.82, 2.24) is 9.80 Å². The molecule has 0 saturated carbocycles. The number of amides is 2. The molecule has 2 aromatic rings. The predicted molar refractivity (Wildman–Crippen MR) is 115 cm³/mol. The van der Waals surface area contributed by atoms with E-state index in [1.807, 2.05) is 4.90 Å². The van der Waals surface area contributed by atoms with Crippen molar-refractivity contribution in [3.63, 3.8) is 0 Å².